The molecular formula is C28H28N2O5. The number of rotatable bonds is 7. The zero-order chi connectivity index (χ0) is 24.5. The van der Waals surface area contributed by atoms with Crippen LogP contribution in [-0.2, 0) is 13.0 Å². The first-order valence-corrected chi connectivity index (χ1v) is 11.5. The molecule has 0 radical (unpaired) electrons. The maximum Gasteiger partial charge on any atom is 0.251 e. The maximum atomic E-state index is 13.3. The smallest absolute Gasteiger partial charge is 0.251 e. The summed E-state index contributed by atoms with van der Waals surface area (Å²) < 4.78 is 16.9. The Bertz CT molecular complexity index is 1410. The molecule has 3 N–H and O–H groups in total. The lowest BCUT2D eigenvalue weighted by Crippen LogP contribution is -2.39. The summed E-state index contributed by atoms with van der Waals surface area (Å²) in [6.45, 7) is 2.12. The molecule has 3 aromatic carbocycles. The van der Waals surface area contributed by atoms with Crippen LogP contribution in [0.3, 0.4) is 0 Å². The second-order valence-electron chi connectivity index (χ2n) is 8.73. The first-order chi connectivity index (χ1) is 17.0. The van der Waals surface area contributed by atoms with E-state index in [9.17, 15) is 9.90 Å². The van der Waals surface area contributed by atoms with E-state index < -0.39 is 6.04 Å². The molecule has 1 aliphatic rings. The number of aromatic amines is 1. The number of carbonyl (C=O) groups excluding carboxylic acids is 1. The van der Waals surface area contributed by atoms with Crippen LogP contribution in [0.5, 0.6) is 17.2 Å². The highest BCUT2D eigenvalue weighted by Gasteiger charge is 2.24. The normalized spacial score (nSPS) is 12.9. The molecule has 5 rings (SSSR count). The molecule has 35 heavy (non-hydrogen) atoms. The van der Waals surface area contributed by atoms with Gasteiger partial charge in [0, 0.05) is 33.8 Å². The van der Waals surface area contributed by atoms with Gasteiger partial charge in [0.25, 0.3) is 5.91 Å². The molecule has 2 heterocycles. The molecule has 0 aliphatic carbocycles. The minimum atomic E-state index is -0.426. The lowest BCUT2D eigenvalue weighted by atomic mass is 9.92. The third kappa shape index (κ3) is 4.19. The second kappa shape index (κ2) is 9.35. The molecule has 0 saturated heterocycles. The summed E-state index contributed by atoms with van der Waals surface area (Å²) in [5.41, 5.74) is 6.13. The zero-order valence-corrected chi connectivity index (χ0v) is 20.0. The van der Waals surface area contributed by atoms with Gasteiger partial charge in [-0.3, -0.25) is 4.79 Å². The van der Waals surface area contributed by atoms with Crippen molar-refractivity contribution < 1.29 is 24.1 Å². The van der Waals surface area contributed by atoms with E-state index in [1.807, 2.05) is 61.7 Å². The number of nitrogens with one attached hydrogen (secondary N) is 2. The Kier molecular flexibility index (Phi) is 6.09. The summed E-state index contributed by atoms with van der Waals surface area (Å²) in [7, 11) is 3.20. The van der Waals surface area contributed by atoms with Crippen LogP contribution in [-0.4, -0.2) is 42.9 Å². The topological polar surface area (TPSA) is 92.8 Å². The summed E-state index contributed by atoms with van der Waals surface area (Å²) in [6.07, 6.45) is 2.44. The first kappa shape index (κ1) is 22.8. The average Bonchev–Trinajstić information content (AvgIpc) is 3.29. The van der Waals surface area contributed by atoms with Gasteiger partial charge < -0.3 is 29.6 Å². The third-order valence-electron chi connectivity index (χ3n) is 6.55. The molecule has 7 nitrogen and oxygen atoms in total. The number of aryl methyl sites for hydroxylation is 1. The highest BCUT2D eigenvalue weighted by atomic mass is 16.5. The van der Waals surface area contributed by atoms with Gasteiger partial charge >= 0.3 is 0 Å². The molecule has 4 aromatic rings. The van der Waals surface area contributed by atoms with Crippen molar-refractivity contribution in [3.63, 3.8) is 0 Å². The van der Waals surface area contributed by atoms with E-state index >= 15 is 0 Å². The van der Waals surface area contributed by atoms with Crippen LogP contribution in [0, 0.1) is 6.92 Å². The molecule has 1 amide bonds. The van der Waals surface area contributed by atoms with Crippen LogP contribution in [0.4, 0.5) is 0 Å². The summed E-state index contributed by atoms with van der Waals surface area (Å²) in [5.74, 6) is 1.73. The van der Waals surface area contributed by atoms with Gasteiger partial charge in [0.15, 0.2) is 11.5 Å². The van der Waals surface area contributed by atoms with E-state index in [4.69, 9.17) is 14.2 Å². The zero-order valence-electron chi connectivity index (χ0n) is 20.0. The largest absolute Gasteiger partial charge is 0.493 e. The molecule has 1 atom stereocenters. The lowest BCUT2D eigenvalue weighted by Gasteiger charge is -2.24. The Morgan fingerprint density at radius 2 is 1.89 bits per heavy atom. The number of benzene rings is 3. The molecule has 1 aliphatic heterocycles. The summed E-state index contributed by atoms with van der Waals surface area (Å²) in [6, 6.07) is 15.1. The molecule has 1 aromatic heterocycles. The fourth-order valence-electron chi connectivity index (χ4n) is 4.69. The highest BCUT2D eigenvalue weighted by Crippen LogP contribution is 2.43. The van der Waals surface area contributed by atoms with Crippen molar-refractivity contribution >= 4 is 16.8 Å². The van der Waals surface area contributed by atoms with Crippen molar-refractivity contribution in [1.82, 2.24) is 10.3 Å². The number of amides is 1. The molecule has 0 saturated carbocycles. The number of ether oxygens (including phenoxy) is 3. The van der Waals surface area contributed by atoms with Crippen LogP contribution in [0.15, 0.2) is 54.7 Å². The minimum Gasteiger partial charge on any atom is -0.493 e. The molecule has 0 bridgehead atoms. The van der Waals surface area contributed by atoms with Gasteiger partial charge in [0.2, 0.25) is 0 Å². The van der Waals surface area contributed by atoms with Gasteiger partial charge in [-0.25, -0.2) is 0 Å². The Hall–Kier alpha value is -3.97. The molecule has 0 unspecified atom stereocenters. The molecule has 0 spiro atoms. The number of H-pyrrole nitrogens is 1. The number of carbonyl (C=O) groups is 1. The third-order valence-corrected chi connectivity index (χ3v) is 6.55. The monoisotopic (exact) mass is 472 g/mol. The summed E-state index contributed by atoms with van der Waals surface area (Å²) >= 11 is 0. The van der Waals surface area contributed by atoms with Crippen LogP contribution in [0.2, 0.25) is 0 Å². The fourth-order valence-corrected chi connectivity index (χ4v) is 4.69. The number of aromatic nitrogens is 1. The van der Waals surface area contributed by atoms with Crippen molar-refractivity contribution in [1.29, 1.82) is 0 Å². The number of hydrogen-bond donors (Lipinski definition) is 3. The standard InChI is InChI=1S/C28H28N2O5/c1-16-8-25-23(22-12-27(34-3)26(33-2)10-18(22)15-35-25)11-21(16)28(32)30-19(14-31)9-17-13-29-24-7-5-4-6-20(17)24/h4-8,10-13,19,29,31H,9,14-15H2,1-3H3,(H,30,32)/t19-/m1/s1. The van der Waals surface area contributed by atoms with Crippen LogP contribution in [0.25, 0.3) is 22.0 Å². The number of aliphatic hydroxyl groups excluding tert-OH is 1. The first-order valence-electron chi connectivity index (χ1n) is 11.5. The Labute approximate surface area is 203 Å². The Balaban J connectivity index is 1.44. The van der Waals surface area contributed by atoms with Crippen LogP contribution in [0.1, 0.15) is 27.0 Å². The van der Waals surface area contributed by atoms with E-state index in [-0.39, 0.29) is 12.5 Å². The molecule has 7 heteroatoms. The maximum absolute atomic E-state index is 13.3. The SMILES string of the molecule is COc1cc2c(cc1OC)-c1cc(C(=O)N[C@@H](CO)Cc3c[nH]c4ccccc34)c(C)cc1OC2. The van der Waals surface area contributed by atoms with Crippen molar-refractivity contribution in [3.8, 4) is 28.4 Å². The van der Waals surface area contributed by atoms with Gasteiger partial charge in [-0.15, -0.1) is 0 Å². The Morgan fingerprint density at radius 3 is 2.66 bits per heavy atom. The molecule has 180 valence electrons. The van der Waals surface area contributed by atoms with Gasteiger partial charge in [0.05, 0.1) is 26.9 Å². The van der Waals surface area contributed by atoms with Crippen molar-refractivity contribution in [2.45, 2.75) is 26.0 Å². The van der Waals surface area contributed by atoms with Gasteiger partial charge in [-0.1, -0.05) is 18.2 Å². The molecule has 0 fully saturated rings. The molecular weight excluding hydrogens is 444 g/mol. The quantitative estimate of drug-likeness (QED) is 0.371. The lowest BCUT2D eigenvalue weighted by molar-refractivity contribution is 0.0916. The number of methoxy groups -OCH3 is 2. The number of para-hydroxylation sites is 1. The number of aliphatic hydroxyl groups is 1. The minimum absolute atomic E-state index is 0.168. The van der Waals surface area contributed by atoms with Crippen molar-refractivity contribution in [2.75, 3.05) is 20.8 Å². The number of fused-ring (bicyclic) bond motifs is 4. The van der Waals surface area contributed by atoms with Crippen LogP contribution >= 0.6 is 0 Å². The van der Waals surface area contributed by atoms with E-state index in [2.05, 4.69) is 10.3 Å². The van der Waals surface area contributed by atoms with Gasteiger partial charge in [0.1, 0.15) is 12.4 Å². The summed E-state index contributed by atoms with van der Waals surface area (Å²) in [5, 5.41) is 14.1. The second-order valence-corrected chi connectivity index (χ2v) is 8.73. The predicted octanol–water partition coefficient (Wildman–Crippen LogP) is 4.39. The van der Waals surface area contributed by atoms with Crippen molar-refractivity contribution in [2.24, 2.45) is 0 Å². The van der Waals surface area contributed by atoms with E-state index in [0.717, 1.165) is 44.5 Å². The fraction of sp³-hybridized carbons (Fsp3) is 0.250. The highest BCUT2D eigenvalue weighted by molar-refractivity contribution is 5.98. The van der Waals surface area contributed by atoms with Gasteiger partial charge in [-0.2, -0.15) is 0 Å². The predicted molar refractivity (Wildman–Crippen MR) is 134 cm³/mol. The van der Waals surface area contributed by atoms with Crippen molar-refractivity contribution in [3.05, 3.63) is 77.0 Å². The van der Waals surface area contributed by atoms with E-state index in [0.29, 0.717) is 30.1 Å². The summed E-state index contributed by atoms with van der Waals surface area (Å²) in [4.78, 5) is 16.6. The van der Waals surface area contributed by atoms with E-state index in [1.54, 1.807) is 14.2 Å². The Morgan fingerprint density at radius 1 is 1.11 bits per heavy atom. The van der Waals surface area contributed by atoms with Crippen LogP contribution < -0.4 is 19.5 Å². The van der Waals surface area contributed by atoms with Gasteiger partial charge in [-0.05, 0) is 60.4 Å². The average molecular weight is 473 g/mol. The number of hydrogen-bond acceptors (Lipinski definition) is 5. The van der Waals surface area contributed by atoms with E-state index in [1.165, 1.54) is 0 Å².